The van der Waals surface area contributed by atoms with Crippen LogP contribution in [-0.2, 0) is 4.79 Å². The minimum atomic E-state index is 0.184. The largest absolute Gasteiger partial charge is 0.353 e. The van der Waals surface area contributed by atoms with Gasteiger partial charge in [0.25, 0.3) is 0 Å². The van der Waals surface area contributed by atoms with Crippen molar-refractivity contribution in [1.82, 2.24) is 20.7 Å². The van der Waals surface area contributed by atoms with Gasteiger partial charge in [-0.15, -0.1) is 0 Å². The molecule has 1 heterocycles. The van der Waals surface area contributed by atoms with E-state index in [1.807, 2.05) is 0 Å². The van der Waals surface area contributed by atoms with E-state index in [4.69, 9.17) is 0 Å². The molecule has 2 rings (SSSR count). The second-order valence-corrected chi connectivity index (χ2v) is 4.79. The Bertz CT molecular complexity index is 234. The Morgan fingerprint density at radius 3 is 2.56 bits per heavy atom. The van der Waals surface area contributed by atoms with Gasteiger partial charge in [-0.25, -0.2) is 5.01 Å². The first-order chi connectivity index (χ1) is 7.74. The lowest BCUT2D eigenvalue weighted by Gasteiger charge is -2.32. The average Bonchev–Trinajstić information content (AvgIpc) is 3.05. The van der Waals surface area contributed by atoms with E-state index in [0.717, 1.165) is 45.6 Å². The number of nitrogens with zero attached hydrogens (tertiary/aromatic N) is 2. The third-order valence-corrected chi connectivity index (χ3v) is 3.13. The summed E-state index contributed by atoms with van der Waals surface area (Å²) < 4.78 is 0. The van der Waals surface area contributed by atoms with E-state index in [2.05, 4.69) is 27.7 Å². The zero-order chi connectivity index (χ0) is 11.4. The van der Waals surface area contributed by atoms with Crippen molar-refractivity contribution in [3.05, 3.63) is 0 Å². The molecule has 0 atom stereocenters. The smallest absolute Gasteiger partial charge is 0.221 e. The van der Waals surface area contributed by atoms with Crippen molar-refractivity contribution in [1.29, 1.82) is 0 Å². The van der Waals surface area contributed by atoms with Gasteiger partial charge in [-0.1, -0.05) is 0 Å². The summed E-state index contributed by atoms with van der Waals surface area (Å²) in [4.78, 5) is 13.7. The average molecular weight is 226 g/mol. The fourth-order valence-electron chi connectivity index (χ4n) is 1.82. The summed E-state index contributed by atoms with van der Waals surface area (Å²) in [6, 6.07) is 0.483. The van der Waals surface area contributed by atoms with E-state index in [0.29, 0.717) is 12.5 Å². The van der Waals surface area contributed by atoms with Crippen LogP contribution in [0.2, 0.25) is 0 Å². The number of rotatable bonds is 5. The van der Waals surface area contributed by atoms with Crippen LogP contribution in [0.3, 0.4) is 0 Å². The van der Waals surface area contributed by atoms with Crippen molar-refractivity contribution < 1.29 is 4.79 Å². The predicted octanol–water partition coefficient (Wildman–Crippen LogP) is -0.593. The lowest BCUT2D eigenvalue weighted by Crippen LogP contribution is -2.51. The fraction of sp³-hybridized carbons (Fsp3) is 0.909. The SMILES string of the molecule is CN1CCN(NCCC(=O)NC2CC2)CC1. The second-order valence-electron chi connectivity index (χ2n) is 4.79. The second kappa shape index (κ2) is 5.61. The van der Waals surface area contributed by atoms with Gasteiger partial charge in [0, 0.05) is 45.2 Å². The highest BCUT2D eigenvalue weighted by Crippen LogP contribution is 2.18. The maximum absolute atomic E-state index is 11.4. The summed E-state index contributed by atoms with van der Waals surface area (Å²) in [6.45, 7) is 5.03. The number of carbonyl (C=O) groups is 1. The van der Waals surface area contributed by atoms with E-state index >= 15 is 0 Å². The molecule has 2 N–H and O–H groups in total. The lowest BCUT2D eigenvalue weighted by atomic mass is 10.3. The number of piperazine rings is 1. The molecule has 2 fully saturated rings. The third kappa shape index (κ3) is 4.08. The van der Waals surface area contributed by atoms with Crippen LogP contribution < -0.4 is 10.7 Å². The standard InChI is InChI=1S/C11H22N4O/c1-14-6-8-15(9-7-14)12-5-4-11(16)13-10-2-3-10/h10,12H,2-9H2,1H3,(H,13,16). The molecule has 0 radical (unpaired) electrons. The van der Waals surface area contributed by atoms with Crippen LogP contribution >= 0.6 is 0 Å². The summed E-state index contributed by atoms with van der Waals surface area (Å²) in [5, 5.41) is 5.21. The molecule has 0 aromatic rings. The quantitative estimate of drug-likeness (QED) is 0.658. The first-order valence-electron chi connectivity index (χ1n) is 6.20. The molecule has 5 nitrogen and oxygen atoms in total. The number of nitrogens with one attached hydrogen (secondary N) is 2. The van der Waals surface area contributed by atoms with Crippen molar-refractivity contribution in [2.24, 2.45) is 0 Å². The number of hydrogen-bond donors (Lipinski definition) is 2. The van der Waals surface area contributed by atoms with Crippen LogP contribution in [0.5, 0.6) is 0 Å². The summed E-state index contributed by atoms with van der Waals surface area (Å²) in [6.07, 6.45) is 2.91. The highest BCUT2D eigenvalue weighted by molar-refractivity contribution is 5.76. The molecule has 1 saturated heterocycles. The molecule has 0 aromatic heterocycles. The van der Waals surface area contributed by atoms with Gasteiger partial charge in [0.15, 0.2) is 0 Å². The topological polar surface area (TPSA) is 47.6 Å². The molecule has 0 aromatic carbocycles. The van der Waals surface area contributed by atoms with Gasteiger partial charge in [0.05, 0.1) is 0 Å². The van der Waals surface area contributed by atoms with E-state index in [9.17, 15) is 4.79 Å². The first-order valence-corrected chi connectivity index (χ1v) is 6.20. The summed E-state index contributed by atoms with van der Waals surface area (Å²) >= 11 is 0. The number of likely N-dealkylation sites (N-methyl/N-ethyl adjacent to an activating group) is 1. The molecule has 1 aliphatic heterocycles. The molecule has 2 aliphatic rings. The third-order valence-electron chi connectivity index (χ3n) is 3.13. The fourth-order valence-corrected chi connectivity index (χ4v) is 1.82. The summed E-state index contributed by atoms with van der Waals surface area (Å²) in [5.74, 6) is 0.184. The van der Waals surface area contributed by atoms with Crippen molar-refractivity contribution in [2.45, 2.75) is 25.3 Å². The maximum atomic E-state index is 11.4. The van der Waals surface area contributed by atoms with Gasteiger partial charge < -0.3 is 10.2 Å². The molecule has 16 heavy (non-hydrogen) atoms. The summed E-state index contributed by atoms with van der Waals surface area (Å²) in [5.41, 5.74) is 3.31. The molecule has 0 bridgehead atoms. The van der Waals surface area contributed by atoms with Crippen LogP contribution in [0, 0.1) is 0 Å². The molecule has 92 valence electrons. The van der Waals surface area contributed by atoms with Gasteiger partial charge in [-0.3, -0.25) is 10.2 Å². The van der Waals surface area contributed by atoms with Crippen molar-refractivity contribution in [3.8, 4) is 0 Å². The van der Waals surface area contributed by atoms with Crippen LogP contribution in [0.25, 0.3) is 0 Å². The van der Waals surface area contributed by atoms with Crippen molar-refractivity contribution in [3.63, 3.8) is 0 Å². The van der Waals surface area contributed by atoms with E-state index in [1.54, 1.807) is 0 Å². The Balaban J connectivity index is 1.51. The monoisotopic (exact) mass is 226 g/mol. The van der Waals surface area contributed by atoms with Gasteiger partial charge in [0.1, 0.15) is 0 Å². The van der Waals surface area contributed by atoms with E-state index in [1.165, 1.54) is 0 Å². The van der Waals surface area contributed by atoms with E-state index in [-0.39, 0.29) is 5.91 Å². The molecule has 0 unspecified atom stereocenters. The number of hydrogen-bond acceptors (Lipinski definition) is 4. The molecule has 0 spiro atoms. The highest BCUT2D eigenvalue weighted by Gasteiger charge is 2.22. The molecule has 1 aliphatic carbocycles. The predicted molar refractivity (Wildman–Crippen MR) is 62.9 cm³/mol. The zero-order valence-electron chi connectivity index (χ0n) is 10.0. The number of carbonyl (C=O) groups excluding carboxylic acids is 1. The number of hydrazine groups is 1. The van der Waals surface area contributed by atoms with Crippen molar-refractivity contribution in [2.75, 3.05) is 39.8 Å². The Kier molecular flexibility index (Phi) is 4.15. The van der Waals surface area contributed by atoms with Gasteiger partial charge in [-0.05, 0) is 19.9 Å². The molecule has 5 heteroatoms. The normalized spacial score (nSPS) is 23.3. The Hall–Kier alpha value is -0.650. The van der Waals surface area contributed by atoms with Crippen LogP contribution in [0.4, 0.5) is 0 Å². The van der Waals surface area contributed by atoms with Crippen LogP contribution in [-0.4, -0.2) is 61.6 Å². The zero-order valence-corrected chi connectivity index (χ0v) is 10.0. The van der Waals surface area contributed by atoms with Crippen molar-refractivity contribution >= 4 is 5.91 Å². The molecule has 1 saturated carbocycles. The van der Waals surface area contributed by atoms with Gasteiger partial charge >= 0.3 is 0 Å². The highest BCUT2D eigenvalue weighted by atomic mass is 16.1. The molecule has 1 amide bonds. The Labute approximate surface area is 97.1 Å². The van der Waals surface area contributed by atoms with Crippen LogP contribution in [0.15, 0.2) is 0 Å². The van der Waals surface area contributed by atoms with E-state index < -0.39 is 0 Å². The Morgan fingerprint density at radius 2 is 1.94 bits per heavy atom. The van der Waals surface area contributed by atoms with Gasteiger partial charge in [-0.2, -0.15) is 0 Å². The Morgan fingerprint density at radius 1 is 1.25 bits per heavy atom. The lowest BCUT2D eigenvalue weighted by molar-refractivity contribution is -0.121. The number of amides is 1. The minimum absolute atomic E-state index is 0.184. The van der Waals surface area contributed by atoms with Gasteiger partial charge in [0.2, 0.25) is 5.91 Å². The molecular weight excluding hydrogens is 204 g/mol. The first kappa shape index (κ1) is 11.8. The van der Waals surface area contributed by atoms with Crippen LogP contribution in [0.1, 0.15) is 19.3 Å². The summed E-state index contributed by atoms with van der Waals surface area (Å²) in [7, 11) is 2.14. The molecular formula is C11H22N4O. The minimum Gasteiger partial charge on any atom is -0.353 e. The maximum Gasteiger partial charge on any atom is 0.221 e.